The van der Waals surface area contributed by atoms with Crippen LogP contribution in [0.4, 0.5) is 0 Å². The lowest BCUT2D eigenvalue weighted by Gasteiger charge is -2.17. The largest absolute Gasteiger partial charge is 0.452 e. The standard InChI is InChI=1S/C25H22N2O/c1-25(2,3)14-16-8-11-20-21(12-16)28-24-22(26-15-27-23(20)24)19-10-9-17-6-4-5-7-18(17)13-19/h4-13,15H,14H2,1-3H3/i9D. The molecule has 28 heavy (non-hydrogen) atoms. The molecule has 5 aromatic rings. The molecule has 0 N–H and O–H groups in total. The molecule has 3 aromatic carbocycles. The van der Waals surface area contributed by atoms with E-state index in [0.29, 0.717) is 11.6 Å². The zero-order valence-electron chi connectivity index (χ0n) is 17.3. The van der Waals surface area contributed by atoms with Gasteiger partial charge in [-0.05, 0) is 46.4 Å². The van der Waals surface area contributed by atoms with Crippen LogP contribution in [-0.2, 0) is 6.42 Å². The summed E-state index contributed by atoms with van der Waals surface area (Å²) in [6, 6.07) is 18.7. The Balaban J connectivity index is 1.72. The Morgan fingerprint density at radius 3 is 2.61 bits per heavy atom. The summed E-state index contributed by atoms with van der Waals surface area (Å²) in [6.07, 6.45) is 2.56. The summed E-state index contributed by atoms with van der Waals surface area (Å²) in [7, 11) is 0. The molecule has 2 heterocycles. The molecule has 0 saturated heterocycles. The van der Waals surface area contributed by atoms with Crippen molar-refractivity contribution in [3.05, 3.63) is 72.5 Å². The predicted molar refractivity (Wildman–Crippen MR) is 115 cm³/mol. The maximum atomic E-state index is 8.41. The van der Waals surface area contributed by atoms with Crippen molar-refractivity contribution in [2.45, 2.75) is 27.2 Å². The summed E-state index contributed by atoms with van der Waals surface area (Å²) in [5, 5.41) is 2.94. The summed E-state index contributed by atoms with van der Waals surface area (Å²) in [6.45, 7) is 6.70. The Morgan fingerprint density at radius 2 is 1.79 bits per heavy atom. The van der Waals surface area contributed by atoms with Crippen LogP contribution in [0.1, 0.15) is 27.7 Å². The minimum absolute atomic E-state index is 0.209. The number of hydrogen-bond donors (Lipinski definition) is 0. The van der Waals surface area contributed by atoms with Crippen LogP contribution in [0, 0.1) is 5.41 Å². The Labute approximate surface area is 165 Å². The van der Waals surface area contributed by atoms with Crippen molar-refractivity contribution in [1.29, 1.82) is 0 Å². The summed E-state index contributed by atoms with van der Waals surface area (Å²) in [4.78, 5) is 9.01. The second-order valence-corrected chi connectivity index (χ2v) is 8.55. The van der Waals surface area contributed by atoms with Gasteiger partial charge < -0.3 is 4.42 Å². The molecule has 0 aliphatic heterocycles. The quantitative estimate of drug-likeness (QED) is 0.345. The Kier molecular flexibility index (Phi) is 3.48. The van der Waals surface area contributed by atoms with E-state index in [4.69, 9.17) is 5.79 Å². The third-order valence-electron chi connectivity index (χ3n) is 4.98. The van der Waals surface area contributed by atoms with E-state index in [0.717, 1.165) is 44.9 Å². The van der Waals surface area contributed by atoms with Crippen molar-refractivity contribution in [3.63, 3.8) is 0 Å². The molecule has 3 heteroatoms. The SMILES string of the molecule is [2H]c1cc(-c2ncnc3c2oc2cc(CC(C)(C)C)ccc23)cc2ccccc12. The summed E-state index contributed by atoms with van der Waals surface area (Å²) in [5.74, 6) is 0. The van der Waals surface area contributed by atoms with Crippen LogP contribution in [0.2, 0.25) is 0 Å². The lowest BCUT2D eigenvalue weighted by atomic mass is 9.88. The van der Waals surface area contributed by atoms with E-state index in [-0.39, 0.29) is 5.41 Å². The molecule has 0 atom stereocenters. The van der Waals surface area contributed by atoms with E-state index in [1.807, 2.05) is 30.3 Å². The fraction of sp³-hybridized carbons (Fsp3) is 0.200. The topological polar surface area (TPSA) is 38.9 Å². The zero-order chi connectivity index (χ0) is 20.2. The molecule has 0 aliphatic rings. The summed E-state index contributed by atoms with van der Waals surface area (Å²) < 4.78 is 14.7. The molecular weight excluding hydrogens is 344 g/mol. The normalized spacial score (nSPS) is 12.8. The van der Waals surface area contributed by atoms with Crippen molar-refractivity contribution in [3.8, 4) is 11.3 Å². The Hall–Kier alpha value is -3.20. The van der Waals surface area contributed by atoms with Gasteiger partial charge in [-0.25, -0.2) is 9.97 Å². The number of fused-ring (bicyclic) bond motifs is 4. The van der Waals surface area contributed by atoms with Crippen molar-refractivity contribution >= 4 is 32.8 Å². The molecule has 3 nitrogen and oxygen atoms in total. The summed E-state index contributed by atoms with van der Waals surface area (Å²) in [5.41, 5.74) is 5.36. The third kappa shape index (κ3) is 2.93. The van der Waals surface area contributed by atoms with Gasteiger partial charge in [-0.3, -0.25) is 0 Å². The van der Waals surface area contributed by atoms with Gasteiger partial charge in [0.25, 0.3) is 0 Å². The fourth-order valence-corrected chi connectivity index (χ4v) is 3.80. The van der Waals surface area contributed by atoms with E-state index in [1.54, 1.807) is 6.33 Å². The van der Waals surface area contributed by atoms with Gasteiger partial charge in [-0.15, -0.1) is 0 Å². The molecule has 0 spiro atoms. The monoisotopic (exact) mass is 367 g/mol. The van der Waals surface area contributed by atoms with Crippen LogP contribution in [0.15, 0.2) is 71.4 Å². The van der Waals surface area contributed by atoms with Gasteiger partial charge in [0, 0.05) is 10.9 Å². The first kappa shape index (κ1) is 15.8. The number of benzene rings is 3. The van der Waals surface area contributed by atoms with Crippen LogP contribution >= 0.6 is 0 Å². The van der Waals surface area contributed by atoms with Crippen LogP contribution in [0.5, 0.6) is 0 Å². The van der Waals surface area contributed by atoms with Gasteiger partial charge in [0.05, 0.1) is 1.37 Å². The van der Waals surface area contributed by atoms with Gasteiger partial charge >= 0.3 is 0 Å². The molecule has 0 bridgehead atoms. The van der Waals surface area contributed by atoms with Gasteiger partial charge in [-0.2, -0.15) is 0 Å². The van der Waals surface area contributed by atoms with Crippen molar-refractivity contribution < 1.29 is 5.79 Å². The minimum atomic E-state index is 0.209. The van der Waals surface area contributed by atoms with E-state index in [1.165, 1.54) is 5.56 Å². The Morgan fingerprint density at radius 1 is 0.964 bits per heavy atom. The molecule has 0 amide bonds. The smallest absolute Gasteiger partial charge is 0.180 e. The first-order chi connectivity index (χ1) is 13.9. The fourth-order valence-electron chi connectivity index (χ4n) is 3.80. The highest BCUT2D eigenvalue weighted by atomic mass is 16.3. The van der Waals surface area contributed by atoms with E-state index in [2.05, 4.69) is 55.0 Å². The van der Waals surface area contributed by atoms with Crippen LogP contribution in [0.25, 0.3) is 44.1 Å². The second-order valence-electron chi connectivity index (χ2n) is 8.55. The van der Waals surface area contributed by atoms with E-state index < -0.39 is 0 Å². The lowest BCUT2D eigenvalue weighted by Crippen LogP contribution is -2.08. The van der Waals surface area contributed by atoms with Gasteiger partial charge in [0.15, 0.2) is 5.58 Å². The lowest BCUT2D eigenvalue weighted by molar-refractivity contribution is 0.411. The van der Waals surface area contributed by atoms with Crippen LogP contribution in [0.3, 0.4) is 0 Å². The molecular formula is C25H22N2O. The first-order valence-corrected chi connectivity index (χ1v) is 9.55. The highest BCUT2D eigenvalue weighted by molar-refractivity contribution is 6.06. The van der Waals surface area contributed by atoms with Crippen molar-refractivity contribution in [2.75, 3.05) is 0 Å². The predicted octanol–water partition coefficient (Wildman–Crippen LogP) is 6.78. The number of nitrogens with zero attached hydrogens (tertiary/aromatic N) is 2. The highest BCUT2D eigenvalue weighted by Crippen LogP contribution is 2.35. The zero-order valence-corrected chi connectivity index (χ0v) is 16.3. The second kappa shape index (κ2) is 6.16. The van der Waals surface area contributed by atoms with Gasteiger partial charge in [-0.1, -0.05) is 63.2 Å². The van der Waals surface area contributed by atoms with Gasteiger partial charge in [0.2, 0.25) is 0 Å². The molecule has 138 valence electrons. The third-order valence-corrected chi connectivity index (χ3v) is 4.98. The molecule has 0 saturated carbocycles. The van der Waals surface area contributed by atoms with Crippen LogP contribution in [-0.4, -0.2) is 9.97 Å². The average molecular weight is 367 g/mol. The molecule has 5 rings (SSSR count). The highest BCUT2D eigenvalue weighted by Gasteiger charge is 2.17. The molecule has 0 radical (unpaired) electrons. The number of furan rings is 1. The minimum Gasteiger partial charge on any atom is -0.452 e. The molecule has 2 aromatic heterocycles. The maximum Gasteiger partial charge on any atom is 0.180 e. The average Bonchev–Trinajstić information content (AvgIpc) is 3.04. The van der Waals surface area contributed by atoms with E-state index in [9.17, 15) is 0 Å². The van der Waals surface area contributed by atoms with Crippen molar-refractivity contribution in [1.82, 2.24) is 9.97 Å². The number of aromatic nitrogens is 2. The number of rotatable bonds is 2. The van der Waals surface area contributed by atoms with Gasteiger partial charge in [0.1, 0.15) is 23.1 Å². The molecule has 0 unspecified atom stereocenters. The summed E-state index contributed by atoms with van der Waals surface area (Å²) >= 11 is 0. The van der Waals surface area contributed by atoms with Crippen molar-refractivity contribution in [2.24, 2.45) is 5.41 Å². The first-order valence-electron chi connectivity index (χ1n) is 10.0. The maximum absolute atomic E-state index is 8.41. The molecule has 0 fully saturated rings. The van der Waals surface area contributed by atoms with E-state index >= 15 is 0 Å². The number of hydrogen-bond acceptors (Lipinski definition) is 3. The van der Waals surface area contributed by atoms with Crippen LogP contribution < -0.4 is 0 Å². The molecule has 0 aliphatic carbocycles. The Bertz CT molecular complexity index is 1380.